The lowest BCUT2D eigenvalue weighted by atomic mass is 10.2. The number of carbonyl (C=O) groups excluding carboxylic acids is 1. The largest absolute Gasteiger partial charge is 0.466 e. The molecule has 7 heteroatoms. The van der Waals surface area contributed by atoms with Gasteiger partial charge in [0.1, 0.15) is 6.61 Å². The van der Waals surface area contributed by atoms with Crippen LogP contribution in [0, 0.1) is 0 Å². The van der Waals surface area contributed by atoms with E-state index in [-0.39, 0.29) is 18.6 Å². The van der Waals surface area contributed by atoms with Gasteiger partial charge in [-0.1, -0.05) is 30.3 Å². The van der Waals surface area contributed by atoms with Crippen LogP contribution in [0.5, 0.6) is 0 Å². The predicted molar refractivity (Wildman–Crippen MR) is 80.1 cm³/mol. The Morgan fingerprint density at radius 3 is 2.77 bits per heavy atom. The second kappa shape index (κ2) is 8.14. The molecule has 1 heterocycles. The van der Waals surface area contributed by atoms with Gasteiger partial charge in [-0.15, -0.1) is 0 Å². The molecule has 120 valence electrons. The Kier molecular flexibility index (Phi) is 5.91. The number of nitrogens with two attached hydrogens (primary N) is 1. The van der Waals surface area contributed by atoms with Crippen LogP contribution in [0.2, 0.25) is 0 Å². The van der Waals surface area contributed by atoms with Crippen molar-refractivity contribution in [2.24, 2.45) is 5.90 Å². The maximum Gasteiger partial charge on any atom is 0.410 e. The highest BCUT2D eigenvalue weighted by Crippen LogP contribution is 2.12. The predicted octanol–water partition coefficient (Wildman–Crippen LogP) is 1.32. The molecule has 3 N–H and O–H groups in total. The average molecular weight is 307 g/mol. The van der Waals surface area contributed by atoms with E-state index >= 15 is 0 Å². The van der Waals surface area contributed by atoms with Crippen LogP contribution in [0.25, 0.3) is 0 Å². The van der Waals surface area contributed by atoms with E-state index in [2.05, 4.69) is 10.2 Å². The van der Waals surface area contributed by atoms with Crippen molar-refractivity contribution < 1.29 is 19.1 Å². The van der Waals surface area contributed by atoms with E-state index in [1.54, 1.807) is 4.90 Å². The fourth-order valence-electron chi connectivity index (χ4n) is 2.20. The highest BCUT2D eigenvalue weighted by molar-refractivity contribution is 5.67. The zero-order valence-electron chi connectivity index (χ0n) is 12.6. The van der Waals surface area contributed by atoms with Gasteiger partial charge in [0.25, 0.3) is 0 Å². The minimum Gasteiger partial charge on any atom is -0.466 e. The lowest BCUT2D eigenvalue weighted by Crippen LogP contribution is -2.34. The summed E-state index contributed by atoms with van der Waals surface area (Å²) in [6.45, 7) is 1.89. The van der Waals surface area contributed by atoms with E-state index in [9.17, 15) is 4.79 Å². The third-order valence-corrected chi connectivity index (χ3v) is 3.35. The first-order valence-corrected chi connectivity index (χ1v) is 7.08. The van der Waals surface area contributed by atoms with Crippen molar-refractivity contribution in [3.63, 3.8) is 0 Å². The number of benzene rings is 1. The molecule has 0 saturated carbocycles. The summed E-state index contributed by atoms with van der Waals surface area (Å²) in [7, 11) is 1.48. The first-order chi connectivity index (χ1) is 10.7. The third kappa shape index (κ3) is 4.29. The van der Waals surface area contributed by atoms with Gasteiger partial charge in [-0.3, -0.25) is 0 Å². The first-order valence-electron chi connectivity index (χ1n) is 7.08. The molecule has 0 radical (unpaired) electrons. The molecule has 1 aromatic rings. The van der Waals surface area contributed by atoms with E-state index in [0.717, 1.165) is 11.3 Å². The standard InChI is InChI=1S/C15H21N3O4/c1-20-14(22-16)13-7-9-18(10-8-17-13)15(19)21-11-12-5-3-2-4-6-12/h2-6,17H,7-11,16H2,1H3/b14-13-. The molecule has 1 saturated heterocycles. The molecule has 1 aliphatic rings. The molecule has 7 nitrogen and oxygen atoms in total. The molecule has 0 unspecified atom stereocenters. The van der Waals surface area contributed by atoms with Gasteiger partial charge >= 0.3 is 12.0 Å². The summed E-state index contributed by atoms with van der Waals surface area (Å²) in [6, 6.07) is 9.58. The topological polar surface area (TPSA) is 86.1 Å². The Bertz CT molecular complexity index is 513. The van der Waals surface area contributed by atoms with Gasteiger partial charge in [-0.25, -0.2) is 4.79 Å². The molecule has 0 bridgehead atoms. The van der Waals surface area contributed by atoms with Gasteiger partial charge in [0.05, 0.1) is 12.8 Å². The summed E-state index contributed by atoms with van der Waals surface area (Å²) in [5.41, 5.74) is 1.70. The minimum atomic E-state index is -0.334. The maximum absolute atomic E-state index is 12.1. The third-order valence-electron chi connectivity index (χ3n) is 3.35. The lowest BCUT2D eigenvalue weighted by molar-refractivity contribution is 0.0552. The smallest absolute Gasteiger partial charge is 0.410 e. The van der Waals surface area contributed by atoms with Crippen molar-refractivity contribution in [1.82, 2.24) is 10.2 Å². The molecule has 0 aromatic heterocycles. The number of nitrogens with one attached hydrogen (secondary N) is 1. The van der Waals surface area contributed by atoms with Gasteiger partial charge in [0.15, 0.2) is 0 Å². The van der Waals surface area contributed by atoms with Gasteiger partial charge in [-0.05, 0) is 5.56 Å². The second-order valence-electron chi connectivity index (χ2n) is 4.79. The molecule has 1 fully saturated rings. The Morgan fingerprint density at radius 2 is 2.09 bits per heavy atom. The molecular weight excluding hydrogens is 286 g/mol. The van der Waals surface area contributed by atoms with Gasteiger partial charge in [0, 0.05) is 26.1 Å². The van der Waals surface area contributed by atoms with Crippen LogP contribution >= 0.6 is 0 Å². The van der Waals surface area contributed by atoms with E-state index < -0.39 is 0 Å². The highest BCUT2D eigenvalue weighted by Gasteiger charge is 2.21. The normalized spacial score (nSPS) is 17.1. The molecule has 1 aliphatic heterocycles. The summed E-state index contributed by atoms with van der Waals surface area (Å²) < 4.78 is 10.4. The van der Waals surface area contributed by atoms with E-state index in [1.807, 2.05) is 30.3 Å². The summed E-state index contributed by atoms with van der Waals surface area (Å²) in [4.78, 5) is 18.4. The van der Waals surface area contributed by atoms with Crippen molar-refractivity contribution in [3.8, 4) is 0 Å². The van der Waals surface area contributed by atoms with Crippen molar-refractivity contribution in [3.05, 3.63) is 47.5 Å². The van der Waals surface area contributed by atoms with E-state index in [4.69, 9.17) is 15.4 Å². The minimum absolute atomic E-state index is 0.236. The molecule has 2 rings (SSSR count). The van der Waals surface area contributed by atoms with Crippen LogP contribution in [0.3, 0.4) is 0 Å². The summed E-state index contributed by atoms with van der Waals surface area (Å²) >= 11 is 0. The number of ether oxygens (including phenoxy) is 2. The van der Waals surface area contributed by atoms with Gasteiger partial charge in [0.2, 0.25) is 0 Å². The van der Waals surface area contributed by atoms with Crippen LogP contribution in [0.15, 0.2) is 42.0 Å². The summed E-state index contributed by atoms with van der Waals surface area (Å²) in [5.74, 6) is 5.38. The number of hydrogen-bond acceptors (Lipinski definition) is 6. The number of nitrogens with zero attached hydrogens (tertiary/aromatic N) is 1. The Hall–Kier alpha value is -2.41. The van der Waals surface area contributed by atoms with Crippen molar-refractivity contribution >= 4 is 6.09 Å². The first kappa shape index (κ1) is 16.0. The van der Waals surface area contributed by atoms with Crippen LogP contribution < -0.4 is 11.2 Å². The Balaban J connectivity index is 1.88. The summed E-state index contributed by atoms with van der Waals surface area (Å²) in [5, 5.41) is 3.14. The zero-order chi connectivity index (χ0) is 15.8. The van der Waals surface area contributed by atoms with Crippen LogP contribution in [0.1, 0.15) is 12.0 Å². The van der Waals surface area contributed by atoms with Crippen LogP contribution in [-0.4, -0.2) is 37.7 Å². The molecule has 1 aromatic carbocycles. The fraction of sp³-hybridized carbons (Fsp3) is 0.400. The SMILES string of the molecule is CO/C(ON)=C1\CCN(C(=O)OCc2ccccc2)CCN1. The average Bonchev–Trinajstić information content (AvgIpc) is 2.81. The number of amides is 1. The van der Waals surface area contributed by atoms with E-state index in [1.165, 1.54) is 7.11 Å². The second-order valence-corrected chi connectivity index (χ2v) is 4.79. The molecule has 1 amide bonds. The lowest BCUT2D eigenvalue weighted by Gasteiger charge is -2.19. The molecular formula is C15H21N3O4. The Labute approximate surface area is 129 Å². The quantitative estimate of drug-likeness (QED) is 0.644. The maximum atomic E-state index is 12.1. The number of methoxy groups -OCH3 is 1. The van der Waals surface area contributed by atoms with E-state index in [0.29, 0.717) is 26.1 Å². The van der Waals surface area contributed by atoms with Gasteiger partial charge < -0.3 is 24.5 Å². The Morgan fingerprint density at radius 1 is 1.32 bits per heavy atom. The van der Waals surface area contributed by atoms with Crippen LogP contribution in [-0.2, 0) is 20.9 Å². The highest BCUT2D eigenvalue weighted by atomic mass is 16.7. The number of rotatable bonds is 4. The zero-order valence-corrected chi connectivity index (χ0v) is 12.6. The number of hydrogen-bond donors (Lipinski definition) is 2. The van der Waals surface area contributed by atoms with Crippen molar-refractivity contribution in [2.75, 3.05) is 26.7 Å². The fourth-order valence-corrected chi connectivity index (χ4v) is 2.20. The van der Waals surface area contributed by atoms with Crippen molar-refractivity contribution in [2.45, 2.75) is 13.0 Å². The monoisotopic (exact) mass is 307 g/mol. The molecule has 0 aliphatic carbocycles. The summed E-state index contributed by atoms with van der Waals surface area (Å²) in [6.07, 6.45) is 0.223. The molecule has 0 atom stereocenters. The van der Waals surface area contributed by atoms with Crippen LogP contribution in [0.4, 0.5) is 4.79 Å². The molecule has 0 spiro atoms. The van der Waals surface area contributed by atoms with Crippen molar-refractivity contribution in [1.29, 1.82) is 0 Å². The molecule has 22 heavy (non-hydrogen) atoms. The van der Waals surface area contributed by atoms with Gasteiger partial charge in [-0.2, -0.15) is 5.90 Å². The number of carbonyl (C=O) groups is 1.